The number of rotatable bonds is 7. The molecule has 164 valence electrons. The van der Waals surface area contributed by atoms with Crippen molar-refractivity contribution in [2.24, 2.45) is 5.92 Å². The third-order valence-corrected chi connectivity index (χ3v) is 5.59. The molecule has 0 bridgehead atoms. The van der Waals surface area contributed by atoms with Crippen LogP contribution in [0.15, 0.2) is 54.9 Å². The maximum absolute atomic E-state index is 13.2. The third-order valence-electron chi connectivity index (χ3n) is 5.59. The molecule has 3 aromatic rings. The predicted octanol–water partition coefficient (Wildman–Crippen LogP) is 3.30. The Kier molecular flexibility index (Phi) is 5.98. The highest BCUT2D eigenvalue weighted by Gasteiger charge is 2.36. The zero-order chi connectivity index (χ0) is 22.7. The van der Waals surface area contributed by atoms with Gasteiger partial charge in [0.05, 0.1) is 29.4 Å². The van der Waals surface area contributed by atoms with E-state index in [0.717, 1.165) is 16.9 Å². The first-order valence-corrected chi connectivity index (χ1v) is 10.3. The van der Waals surface area contributed by atoms with Crippen molar-refractivity contribution in [1.82, 2.24) is 14.9 Å². The summed E-state index contributed by atoms with van der Waals surface area (Å²) >= 11 is 0. The largest absolute Gasteiger partial charge is 0.356 e. The molecule has 2 heterocycles. The fraction of sp³-hybridized carbons (Fsp3) is 0.261. The number of hydrogen-bond acceptors (Lipinski definition) is 6. The molecule has 1 aliphatic rings. The summed E-state index contributed by atoms with van der Waals surface area (Å²) in [5.74, 6) is -0.953. The van der Waals surface area contributed by atoms with E-state index in [0.29, 0.717) is 23.4 Å². The minimum absolute atomic E-state index is 0.0111. The number of amides is 1. The first-order chi connectivity index (χ1) is 15.4. The second-order valence-electron chi connectivity index (χ2n) is 7.80. The van der Waals surface area contributed by atoms with Gasteiger partial charge in [-0.25, -0.2) is 0 Å². The monoisotopic (exact) mass is 433 g/mol. The van der Waals surface area contributed by atoms with Crippen LogP contribution in [0.5, 0.6) is 0 Å². The molecule has 0 saturated heterocycles. The maximum atomic E-state index is 13.2. The lowest BCUT2D eigenvalue weighted by Crippen LogP contribution is -2.39. The topological polar surface area (TPSA) is 121 Å². The summed E-state index contributed by atoms with van der Waals surface area (Å²) in [6.07, 6.45) is 3.78. The second-order valence-corrected chi connectivity index (χ2v) is 7.80. The van der Waals surface area contributed by atoms with Crippen molar-refractivity contribution in [3.8, 4) is 11.3 Å². The molecule has 0 spiro atoms. The summed E-state index contributed by atoms with van der Waals surface area (Å²) in [6, 6.07) is 13.3. The molecule has 2 N–H and O–H groups in total. The number of aromatic nitrogens is 2. The Balaban J connectivity index is 1.68. The Morgan fingerprint density at radius 1 is 1.22 bits per heavy atom. The van der Waals surface area contributed by atoms with E-state index in [1.165, 1.54) is 11.9 Å². The smallest absolute Gasteiger partial charge is 0.226 e. The van der Waals surface area contributed by atoms with Gasteiger partial charge < -0.3 is 15.2 Å². The zero-order valence-corrected chi connectivity index (χ0v) is 17.6. The van der Waals surface area contributed by atoms with Crippen molar-refractivity contribution in [3.05, 3.63) is 76.2 Å². The Morgan fingerprint density at radius 2 is 1.94 bits per heavy atom. The van der Waals surface area contributed by atoms with Crippen LogP contribution in [0.4, 0.5) is 11.4 Å². The van der Waals surface area contributed by atoms with Crippen LogP contribution in [0.25, 0.3) is 11.3 Å². The summed E-state index contributed by atoms with van der Waals surface area (Å²) in [5, 5.41) is 14.0. The van der Waals surface area contributed by atoms with Crippen LogP contribution in [0.3, 0.4) is 0 Å². The Morgan fingerprint density at radius 3 is 2.62 bits per heavy atom. The van der Waals surface area contributed by atoms with Gasteiger partial charge in [-0.15, -0.1) is 0 Å². The second kappa shape index (κ2) is 9.01. The van der Waals surface area contributed by atoms with E-state index in [1.807, 2.05) is 42.5 Å². The molecule has 1 atom stereocenters. The Hall–Kier alpha value is -4.01. The number of benzene rings is 1. The number of H-pyrrole nitrogens is 1. The Labute approximate surface area is 184 Å². The standard InChI is InChI=1S/C23H23N5O4/c1-27(11-12-28(31)32)23(30)16-13-18-20(19(29)14-16)22(25-17-5-3-2-4-6-17)21(26-18)15-7-9-24-10-8-15/h2-10,16,25-26H,11-14H2,1H3. The molecule has 9 nitrogen and oxygen atoms in total. The lowest BCUT2D eigenvalue weighted by Gasteiger charge is -2.25. The van der Waals surface area contributed by atoms with Gasteiger partial charge in [0.25, 0.3) is 0 Å². The highest BCUT2D eigenvalue weighted by atomic mass is 16.6. The average molecular weight is 433 g/mol. The molecular weight excluding hydrogens is 410 g/mol. The van der Waals surface area contributed by atoms with E-state index in [1.54, 1.807) is 12.4 Å². The zero-order valence-electron chi connectivity index (χ0n) is 17.6. The first-order valence-electron chi connectivity index (χ1n) is 10.3. The van der Waals surface area contributed by atoms with Crippen molar-refractivity contribution in [1.29, 1.82) is 0 Å². The lowest BCUT2D eigenvalue weighted by molar-refractivity contribution is -0.479. The van der Waals surface area contributed by atoms with Gasteiger partial charge in [0.1, 0.15) is 0 Å². The third kappa shape index (κ3) is 4.36. The summed E-state index contributed by atoms with van der Waals surface area (Å²) in [7, 11) is 1.53. The molecule has 32 heavy (non-hydrogen) atoms. The van der Waals surface area contributed by atoms with Crippen LogP contribution in [-0.2, 0) is 11.2 Å². The van der Waals surface area contributed by atoms with E-state index in [2.05, 4.69) is 15.3 Å². The summed E-state index contributed by atoms with van der Waals surface area (Å²) < 4.78 is 0. The number of hydrogen-bond donors (Lipinski definition) is 2. The molecule has 0 aliphatic heterocycles. The van der Waals surface area contributed by atoms with E-state index in [4.69, 9.17) is 0 Å². The van der Waals surface area contributed by atoms with Crippen LogP contribution in [0.2, 0.25) is 0 Å². The maximum Gasteiger partial charge on any atom is 0.226 e. The van der Waals surface area contributed by atoms with Crippen molar-refractivity contribution in [2.75, 3.05) is 25.5 Å². The summed E-state index contributed by atoms with van der Waals surface area (Å²) in [5.41, 5.74) is 4.38. The fourth-order valence-corrected chi connectivity index (χ4v) is 4.01. The normalized spacial score (nSPS) is 15.2. The number of carbonyl (C=O) groups excluding carboxylic acids is 2. The fourth-order valence-electron chi connectivity index (χ4n) is 4.01. The van der Waals surface area contributed by atoms with Crippen molar-refractivity contribution < 1.29 is 14.5 Å². The summed E-state index contributed by atoms with van der Waals surface area (Å²) in [4.78, 5) is 45.0. The van der Waals surface area contributed by atoms with Crippen LogP contribution >= 0.6 is 0 Å². The number of nitrogens with zero attached hydrogens (tertiary/aromatic N) is 3. The number of nitro groups is 1. The van der Waals surface area contributed by atoms with E-state index < -0.39 is 10.8 Å². The van der Waals surface area contributed by atoms with Crippen molar-refractivity contribution in [3.63, 3.8) is 0 Å². The van der Waals surface area contributed by atoms with Crippen LogP contribution < -0.4 is 5.32 Å². The number of carbonyl (C=O) groups is 2. The minimum Gasteiger partial charge on any atom is -0.356 e. The number of anilines is 2. The van der Waals surface area contributed by atoms with Crippen molar-refractivity contribution in [2.45, 2.75) is 12.8 Å². The minimum atomic E-state index is -0.555. The van der Waals surface area contributed by atoms with Gasteiger partial charge in [0, 0.05) is 54.2 Å². The van der Waals surface area contributed by atoms with Gasteiger partial charge in [0.15, 0.2) is 5.78 Å². The van der Waals surface area contributed by atoms with Crippen molar-refractivity contribution >= 4 is 23.1 Å². The van der Waals surface area contributed by atoms with Crippen LogP contribution in [0.1, 0.15) is 22.5 Å². The molecule has 1 amide bonds. The SMILES string of the molecule is CN(CC[N+](=O)[O-])C(=O)C1CC(=O)c2c([nH]c(-c3ccncc3)c2Nc2ccccc2)C1. The van der Waals surface area contributed by atoms with Gasteiger partial charge in [-0.1, -0.05) is 18.2 Å². The molecule has 1 unspecified atom stereocenters. The molecule has 0 radical (unpaired) electrons. The highest BCUT2D eigenvalue weighted by molar-refractivity contribution is 6.09. The molecular formula is C23H23N5O4. The Bertz CT molecular complexity index is 1140. The van der Waals surface area contributed by atoms with Gasteiger partial charge in [-0.3, -0.25) is 24.7 Å². The van der Waals surface area contributed by atoms with Gasteiger partial charge in [-0.05, 0) is 24.3 Å². The van der Waals surface area contributed by atoms with E-state index in [9.17, 15) is 19.7 Å². The molecule has 9 heteroatoms. The van der Waals surface area contributed by atoms with Gasteiger partial charge in [-0.2, -0.15) is 0 Å². The van der Waals surface area contributed by atoms with Crippen LogP contribution in [-0.4, -0.2) is 51.6 Å². The number of likely N-dealkylation sites (N-methyl/N-ethyl adjacent to an activating group) is 1. The number of pyridine rings is 1. The number of nitrogens with one attached hydrogen (secondary N) is 2. The van der Waals surface area contributed by atoms with Gasteiger partial charge in [0.2, 0.25) is 12.5 Å². The molecule has 0 saturated carbocycles. The van der Waals surface area contributed by atoms with E-state index >= 15 is 0 Å². The molecule has 2 aromatic heterocycles. The molecule has 0 fully saturated rings. The molecule has 4 rings (SSSR count). The average Bonchev–Trinajstić information content (AvgIpc) is 3.16. The lowest BCUT2D eigenvalue weighted by atomic mass is 9.85. The molecule has 1 aliphatic carbocycles. The number of fused-ring (bicyclic) bond motifs is 1. The number of aromatic amines is 1. The predicted molar refractivity (Wildman–Crippen MR) is 119 cm³/mol. The first kappa shape index (κ1) is 21.2. The number of Topliss-reactive ketones (excluding diaryl/α,β-unsaturated/α-hetero) is 1. The highest BCUT2D eigenvalue weighted by Crippen LogP contribution is 2.40. The van der Waals surface area contributed by atoms with Gasteiger partial charge >= 0.3 is 0 Å². The number of ketones is 1. The summed E-state index contributed by atoms with van der Waals surface area (Å²) in [6.45, 7) is -0.314. The quantitative estimate of drug-likeness (QED) is 0.436. The van der Waals surface area contributed by atoms with E-state index in [-0.39, 0.29) is 31.2 Å². The van der Waals surface area contributed by atoms with Crippen LogP contribution in [0, 0.1) is 16.0 Å². The number of para-hydroxylation sites is 1. The molecule has 1 aromatic carbocycles.